The Balaban J connectivity index is 1.69. The molecule has 29 heavy (non-hydrogen) atoms. The van der Waals surface area contributed by atoms with Crippen LogP contribution in [0, 0.1) is 0 Å². The van der Waals surface area contributed by atoms with Crippen molar-refractivity contribution in [2.75, 3.05) is 38.2 Å². The van der Waals surface area contributed by atoms with Crippen LogP contribution in [0.3, 0.4) is 0 Å². The lowest BCUT2D eigenvalue weighted by atomic mass is 10.0. The number of pyridine rings is 1. The molecule has 0 saturated heterocycles. The zero-order chi connectivity index (χ0) is 20.9. The molecule has 1 aromatic heterocycles. The number of nitrogens with zero attached hydrogens (tertiary/aromatic N) is 3. The van der Waals surface area contributed by atoms with Gasteiger partial charge in [0.25, 0.3) is 0 Å². The summed E-state index contributed by atoms with van der Waals surface area (Å²) in [5.41, 5.74) is 1.24. The van der Waals surface area contributed by atoms with Crippen LogP contribution in [0.2, 0.25) is 0 Å². The van der Waals surface area contributed by atoms with Crippen molar-refractivity contribution in [1.82, 2.24) is 9.88 Å². The molecule has 5 nitrogen and oxygen atoms in total. The summed E-state index contributed by atoms with van der Waals surface area (Å²) in [6.45, 7) is 8.41. The summed E-state index contributed by atoms with van der Waals surface area (Å²) in [6, 6.07) is 7.47. The van der Waals surface area contributed by atoms with Gasteiger partial charge in [-0.1, -0.05) is 26.0 Å². The van der Waals surface area contributed by atoms with Gasteiger partial charge in [-0.25, -0.2) is 0 Å². The van der Waals surface area contributed by atoms with E-state index in [0.29, 0.717) is 31.2 Å². The number of benzene rings is 1. The van der Waals surface area contributed by atoms with E-state index in [-0.39, 0.29) is 5.69 Å². The highest BCUT2D eigenvalue weighted by Crippen LogP contribution is 2.37. The molecule has 1 N–H and O–H groups in total. The van der Waals surface area contributed by atoms with Crippen LogP contribution in [0.25, 0.3) is 11.3 Å². The Bertz CT molecular complexity index is 863. The maximum Gasteiger partial charge on any atom is 0.418 e. The van der Waals surface area contributed by atoms with E-state index in [2.05, 4.69) is 34.0 Å². The summed E-state index contributed by atoms with van der Waals surface area (Å²) in [4.78, 5) is 10.7. The molecule has 1 aliphatic rings. The monoisotopic (exact) mass is 406 g/mol. The number of hydrogen-bond donors (Lipinski definition) is 1. The first kappa shape index (κ1) is 21.3. The number of fused-ring (bicyclic) bond motifs is 1. The van der Waals surface area contributed by atoms with Crippen molar-refractivity contribution in [3.8, 4) is 11.3 Å². The van der Waals surface area contributed by atoms with Crippen molar-refractivity contribution in [1.29, 1.82) is 0 Å². The highest BCUT2D eigenvalue weighted by molar-refractivity contribution is 5.99. The van der Waals surface area contributed by atoms with Crippen LogP contribution in [0.15, 0.2) is 41.5 Å². The topological polar surface area (TPSA) is 49.8 Å². The van der Waals surface area contributed by atoms with Crippen LogP contribution in [0.5, 0.6) is 0 Å². The molecule has 2 aromatic rings. The number of alkyl halides is 3. The van der Waals surface area contributed by atoms with Crippen molar-refractivity contribution in [3.05, 3.63) is 47.7 Å². The lowest BCUT2D eigenvalue weighted by Crippen LogP contribution is -2.29. The van der Waals surface area contributed by atoms with Gasteiger partial charge in [0.1, 0.15) is 12.4 Å². The van der Waals surface area contributed by atoms with E-state index < -0.39 is 11.7 Å². The second-order valence-electron chi connectivity index (χ2n) is 6.74. The van der Waals surface area contributed by atoms with Crippen LogP contribution >= 0.6 is 0 Å². The molecule has 0 amide bonds. The van der Waals surface area contributed by atoms with Gasteiger partial charge in [0.15, 0.2) is 0 Å². The minimum Gasteiger partial charge on any atom is -0.372 e. The molecule has 1 aromatic carbocycles. The van der Waals surface area contributed by atoms with E-state index >= 15 is 0 Å². The fourth-order valence-corrected chi connectivity index (χ4v) is 3.20. The second kappa shape index (κ2) is 9.37. The number of likely N-dealkylation sites (N-methyl/N-ethyl adjacent to an activating group) is 1. The summed E-state index contributed by atoms with van der Waals surface area (Å²) >= 11 is 0. The molecule has 8 heteroatoms. The van der Waals surface area contributed by atoms with Crippen molar-refractivity contribution in [2.45, 2.75) is 26.6 Å². The third-order valence-corrected chi connectivity index (χ3v) is 4.90. The maximum absolute atomic E-state index is 13.3. The molecule has 0 spiro atoms. The molecule has 0 fully saturated rings. The normalized spacial score (nSPS) is 13.8. The van der Waals surface area contributed by atoms with Gasteiger partial charge in [-0.15, -0.1) is 0 Å². The fourth-order valence-electron chi connectivity index (χ4n) is 3.20. The Hall–Kier alpha value is -2.45. The SMILES string of the molecule is CCN(CC)CCOCC1=NCc2ccc(-c3ncccc3C(F)(F)F)cc2N1. The highest BCUT2D eigenvalue weighted by atomic mass is 19.4. The molecule has 2 heterocycles. The Morgan fingerprint density at radius 2 is 1.97 bits per heavy atom. The lowest BCUT2D eigenvalue weighted by Gasteiger charge is -2.21. The number of anilines is 1. The average Bonchev–Trinajstić information content (AvgIpc) is 2.72. The third-order valence-electron chi connectivity index (χ3n) is 4.90. The number of hydrogen-bond acceptors (Lipinski definition) is 5. The summed E-state index contributed by atoms with van der Waals surface area (Å²) in [5, 5.41) is 3.18. The zero-order valence-corrected chi connectivity index (χ0v) is 16.6. The van der Waals surface area contributed by atoms with Crippen LogP contribution in [-0.4, -0.2) is 48.6 Å². The first-order valence-electron chi connectivity index (χ1n) is 9.68. The van der Waals surface area contributed by atoms with E-state index in [9.17, 15) is 13.2 Å². The molecule has 0 unspecified atom stereocenters. The molecule has 0 radical (unpaired) electrons. The van der Waals surface area contributed by atoms with Gasteiger partial charge < -0.3 is 15.0 Å². The predicted octanol–water partition coefficient (Wildman–Crippen LogP) is 4.45. The van der Waals surface area contributed by atoms with E-state index in [1.54, 1.807) is 18.2 Å². The summed E-state index contributed by atoms with van der Waals surface area (Å²) < 4.78 is 45.7. The molecule has 0 aliphatic carbocycles. The first-order chi connectivity index (χ1) is 13.9. The standard InChI is InChI=1S/C21H25F3N4O/c1-3-28(4-2)10-11-29-14-19-26-13-16-8-7-15(12-18(16)27-19)20-17(21(22,23)24)6-5-9-25-20/h5-9,12H,3-4,10-11,13-14H2,1-2H3,(H,26,27). The summed E-state index contributed by atoms with van der Waals surface area (Å²) in [6.07, 6.45) is -3.09. The van der Waals surface area contributed by atoms with Crippen LogP contribution < -0.4 is 5.32 Å². The van der Waals surface area contributed by atoms with E-state index in [4.69, 9.17) is 4.74 Å². The second-order valence-corrected chi connectivity index (χ2v) is 6.74. The fraction of sp³-hybridized carbons (Fsp3) is 0.429. The number of nitrogens with one attached hydrogen (secondary N) is 1. The van der Waals surface area contributed by atoms with Crippen LogP contribution in [0.4, 0.5) is 18.9 Å². The molecular formula is C21H25F3N4O. The van der Waals surface area contributed by atoms with E-state index in [0.717, 1.165) is 37.0 Å². The average molecular weight is 406 g/mol. The Kier molecular flexibility index (Phi) is 6.87. The van der Waals surface area contributed by atoms with Gasteiger partial charge >= 0.3 is 6.18 Å². The van der Waals surface area contributed by atoms with E-state index in [1.165, 1.54) is 12.3 Å². The maximum atomic E-state index is 13.3. The number of rotatable bonds is 8. The molecule has 0 bridgehead atoms. The molecule has 3 rings (SSSR count). The largest absolute Gasteiger partial charge is 0.418 e. The van der Waals surface area contributed by atoms with Gasteiger partial charge in [-0.05, 0) is 36.9 Å². The van der Waals surface area contributed by atoms with Gasteiger partial charge in [0.2, 0.25) is 0 Å². The molecular weight excluding hydrogens is 381 g/mol. The molecule has 0 atom stereocenters. The number of ether oxygens (including phenoxy) is 1. The van der Waals surface area contributed by atoms with Gasteiger partial charge in [-0.3, -0.25) is 9.98 Å². The van der Waals surface area contributed by atoms with Crippen molar-refractivity contribution in [2.24, 2.45) is 4.99 Å². The molecule has 1 aliphatic heterocycles. The number of amidine groups is 1. The molecule has 156 valence electrons. The summed E-state index contributed by atoms with van der Waals surface area (Å²) in [7, 11) is 0. The van der Waals surface area contributed by atoms with Gasteiger partial charge in [0.05, 0.1) is 24.4 Å². The van der Waals surface area contributed by atoms with Crippen LogP contribution in [-0.2, 0) is 17.5 Å². The Morgan fingerprint density at radius 1 is 1.17 bits per heavy atom. The van der Waals surface area contributed by atoms with Gasteiger partial charge in [-0.2, -0.15) is 13.2 Å². The first-order valence-corrected chi connectivity index (χ1v) is 9.68. The Labute approximate surface area is 168 Å². The van der Waals surface area contributed by atoms with Crippen molar-refractivity contribution < 1.29 is 17.9 Å². The number of halogens is 3. The lowest BCUT2D eigenvalue weighted by molar-refractivity contribution is -0.137. The van der Waals surface area contributed by atoms with Crippen molar-refractivity contribution in [3.63, 3.8) is 0 Å². The summed E-state index contributed by atoms with van der Waals surface area (Å²) in [5.74, 6) is 0.672. The predicted molar refractivity (Wildman–Crippen MR) is 108 cm³/mol. The highest BCUT2D eigenvalue weighted by Gasteiger charge is 2.34. The third kappa shape index (κ3) is 5.33. The minimum absolute atomic E-state index is 0.0795. The zero-order valence-electron chi connectivity index (χ0n) is 16.6. The number of aliphatic imine (C=N–C) groups is 1. The smallest absolute Gasteiger partial charge is 0.372 e. The molecule has 0 saturated carbocycles. The van der Waals surface area contributed by atoms with E-state index in [1.807, 2.05) is 0 Å². The minimum atomic E-state index is -4.46. The number of aromatic nitrogens is 1. The van der Waals surface area contributed by atoms with Crippen molar-refractivity contribution >= 4 is 11.5 Å². The Morgan fingerprint density at radius 3 is 2.69 bits per heavy atom. The quantitative estimate of drug-likeness (QED) is 0.658. The van der Waals surface area contributed by atoms with Gasteiger partial charge in [0, 0.05) is 24.0 Å². The van der Waals surface area contributed by atoms with Crippen LogP contribution in [0.1, 0.15) is 25.0 Å².